The molecule has 0 saturated heterocycles. The van der Waals surface area contributed by atoms with E-state index in [1.807, 2.05) is 24.4 Å². The van der Waals surface area contributed by atoms with Crippen LogP contribution in [0.15, 0.2) is 28.8 Å². The zero-order valence-electron chi connectivity index (χ0n) is 10.5. The molecule has 2 aromatic rings. The fraction of sp³-hybridized carbons (Fsp3) is 0.231. The van der Waals surface area contributed by atoms with Crippen molar-refractivity contribution in [1.29, 1.82) is 0 Å². The lowest BCUT2D eigenvalue weighted by molar-refractivity contribution is -0.132. The Morgan fingerprint density at radius 2 is 2.26 bits per heavy atom. The van der Waals surface area contributed by atoms with Crippen molar-refractivity contribution >= 4 is 23.1 Å². The molecule has 19 heavy (non-hydrogen) atoms. The second-order valence-electron chi connectivity index (χ2n) is 4.53. The molecule has 3 N–H and O–H groups in total. The number of aromatic amines is 1. The zero-order valence-corrected chi connectivity index (χ0v) is 11.3. The molecule has 0 aliphatic carbocycles. The van der Waals surface area contributed by atoms with E-state index in [0.29, 0.717) is 11.3 Å². The molecule has 1 aliphatic heterocycles. The summed E-state index contributed by atoms with van der Waals surface area (Å²) >= 11 is 1.56. The molecule has 0 spiro atoms. The number of carboxylic acid groups (broad SMARTS) is 1. The summed E-state index contributed by atoms with van der Waals surface area (Å²) in [6.07, 6.45) is 0. The van der Waals surface area contributed by atoms with E-state index in [1.54, 1.807) is 18.3 Å². The van der Waals surface area contributed by atoms with E-state index >= 15 is 0 Å². The van der Waals surface area contributed by atoms with Gasteiger partial charge in [-0.25, -0.2) is 4.79 Å². The highest BCUT2D eigenvalue weighted by Crippen LogP contribution is 2.43. The molecule has 3 rings (SSSR count). The Morgan fingerprint density at radius 3 is 2.89 bits per heavy atom. The summed E-state index contributed by atoms with van der Waals surface area (Å²) in [6.45, 7) is 3.69. The Labute approximate surface area is 114 Å². The number of nitrogens with zero attached hydrogens (tertiary/aromatic N) is 1. The van der Waals surface area contributed by atoms with E-state index < -0.39 is 5.97 Å². The third kappa shape index (κ3) is 1.76. The van der Waals surface area contributed by atoms with Gasteiger partial charge >= 0.3 is 5.97 Å². The van der Waals surface area contributed by atoms with Crippen LogP contribution in [-0.2, 0) is 4.79 Å². The normalized spacial score (nSPS) is 18.1. The lowest BCUT2D eigenvalue weighted by Crippen LogP contribution is -2.22. The van der Waals surface area contributed by atoms with Gasteiger partial charge in [-0.3, -0.25) is 5.10 Å². The van der Waals surface area contributed by atoms with Crippen molar-refractivity contribution in [3.63, 3.8) is 0 Å². The first kappa shape index (κ1) is 12.0. The molecule has 0 fully saturated rings. The molecule has 5 nitrogen and oxygen atoms in total. The monoisotopic (exact) mass is 275 g/mol. The molecule has 1 unspecified atom stereocenters. The minimum atomic E-state index is -0.894. The maximum Gasteiger partial charge on any atom is 0.334 e. The molecular formula is C13H13N3O2S. The van der Waals surface area contributed by atoms with Gasteiger partial charge in [0.1, 0.15) is 0 Å². The highest BCUT2D eigenvalue weighted by atomic mass is 32.1. The summed E-state index contributed by atoms with van der Waals surface area (Å²) in [5.74, 6) is -0.430. The number of carbonyl (C=O) groups is 1. The summed E-state index contributed by atoms with van der Waals surface area (Å²) in [6, 6.07) is 3.90. The number of hydrogen-bond acceptors (Lipinski definition) is 4. The molecule has 98 valence electrons. The first-order chi connectivity index (χ1) is 9.09. The maximum absolute atomic E-state index is 11.6. The average Bonchev–Trinajstić information content (AvgIpc) is 2.97. The molecule has 1 aliphatic rings. The van der Waals surface area contributed by atoms with Crippen molar-refractivity contribution < 1.29 is 9.90 Å². The number of thiophene rings is 1. The minimum absolute atomic E-state index is 0.257. The summed E-state index contributed by atoms with van der Waals surface area (Å²) in [4.78, 5) is 12.6. The third-order valence-corrected chi connectivity index (χ3v) is 4.28. The molecule has 0 amide bonds. The molecule has 0 bridgehead atoms. The van der Waals surface area contributed by atoms with E-state index in [9.17, 15) is 9.90 Å². The van der Waals surface area contributed by atoms with Crippen LogP contribution in [0.1, 0.15) is 29.0 Å². The number of H-pyrrole nitrogens is 1. The topological polar surface area (TPSA) is 78.0 Å². The van der Waals surface area contributed by atoms with Crippen LogP contribution in [0, 0.1) is 6.92 Å². The number of fused-ring (bicyclic) bond motifs is 1. The van der Waals surface area contributed by atoms with Crippen molar-refractivity contribution in [3.8, 4) is 0 Å². The van der Waals surface area contributed by atoms with Gasteiger partial charge in [-0.15, -0.1) is 11.3 Å². The van der Waals surface area contributed by atoms with Crippen LogP contribution in [0.4, 0.5) is 5.82 Å². The number of aliphatic carboxylic acids is 1. The summed E-state index contributed by atoms with van der Waals surface area (Å²) in [5.41, 5.74) is 2.85. The average molecular weight is 275 g/mol. The number of nitrogens with one attached hydrogen (secondary N) is 2. The third-order valence-electron chi connectivity index (χ3n) is 3.34. The second kappa shape index (κ2) is 4.24. The van der Waals surface area contributed by atoms with Crippen LogP contribution in [0.2, 0.25) is 0 Å². The number of anilines is 1. The molecule has 1 atom stereocenters. The lowest BCUT2D eigenvalue weighted by Gasteiger charge is -2.25. The van der Waals surface area contributed by atoms with Gasteiger partial charge in [0, 0.05) is 21.8 Å². The minimum Gasteiger partial charge on any atom is -0.478 e. The predicted octanol–water partition coefficient (Wildman–Crippen LogP) is 2.70. The predicted molar refractivity (Wildman–Crippen MR) is 73.4 cm³/mol. The van der Waals surface area contributed by atoms with Crippen LogP contribution >= 0.6 is 11.3 Å². The molecule has 6 heteroatoms. The van der Waals surface area contributed by atoms with Crippen LogP contribution in [0.5, 0.6) is 0 Å². The van der Waals surface area contributed by atoms with Crippen LogP contribution in [0.25, 0.3) is 0 Å². The molecule has 2 aromatic heterocycles. The summed E-state index contributed by atoms with van der Waals surface area (Å²) in [7, 11) is 0. The first-order valence-electron chi connectivity index (χ1n) is 5.89. The smallest absolute Gasteiger partial charge is 0.334 e. The van der Waals surface area contributed by atoms with Gasteiger partial charge in [0.25, 0.3) is 0 Å². The van der Waals surface area contributed by atoms with Crippen LogP contribution < -0.4 is 5.32 Å². The lowest BCUT2D eigenvalue weighted by atomic mass is 9.86. The summed E-state index contributed by atoms with van der Waals surface area (Å²) < 4.78 is 0. The van der Waals surface area contributed by atoms with E-state index in [4.69, 9.17) is 0 Å². The van der Waals surface area contributed by atoms with E-state index in [-0.39, 0.29) is 5.92 Å². The Kier molecular flexibility index (Phi) is 2.67. The van der Waals surface area contributed by atoms with Crippen molar-refractivity contribution in [2.24, 2.45) is 0 Å². The van der Waals surface area contributed by atoms with Crippen LogP contribution in [-0.4, -0.2) is 21.3 Å². The Hall–Kier alpha value is -2.08. The van der Waals surface area contributed by atoms with Crippen molar-refractivity contribution in [2.75, 3.05) is 5.32 Å². The van der Waals surface area contributed by atoms with Gasteiger partial charge in [-0.05, 0) is 25.3 Å². The number of hydrogen-bond donors (Lipinski definition) is 3. The number of aryl methyl sites for hydroxylation is 1. The Morgan fingerprint density at radius 1 is 1.47 bits per heavy atom. The van der Waals surface area contributed by atoms with E-state index in [2.05, 4.69) is 15.5 Å². The van der Waals surface area contributed by atoms with E-state index in [0.717, 1.165) is 22.0 Å². The van der Waals surface area contributed by atoms with Crippen molar-refractivity contribution in [3.05, 3.63) is 44.9 Å². The van der Waals surface area contributed by atoms with Crippen LogP contribution in [0.3, 0.4) is 0 Å². The standard InChI is InChI=1S/C13H13N3O2S/c1-6-10(13(17)18)11(8-4-3-5-19-8)9-7(2)15-16-12(9)14-6/h3-5,11H,1-2H3,(H,17,18)(H2,14,15,16). The highest BCUT2D eigenvalue weighted by molar-refractivity contribution is 7.10. The molecule has 0 aromatic carbocycles. The maximum atomic E-state index is 11.6. The molecule has 0 radical (unpaired) electrons. The van der Waals surface area contributed by atoms with Gasteiger partial charge in [-0.1, -0.05) is 6.07 Å². The van der Waals surface area contributed by atoms with Gasteiger partial charge < -0.3 is 10.4 Å². The SMILES string of the molecule is CC1=C(C(=O)O)C(c2cccs2)c2c(n[nH]c2C)N1. The summed E-state index contributed by atoms with van der Waals surface area (Å²) in [5, 5.41) is 21.7. The molecular weight excluding hydrogens is 262 g/mol. The number of carboxylic acids is 1. The number of rotatable bonds is 2. The fourth-order valence-corrected chi connectivity index (χ4v) is 3.36. The van der Waals surface area contributed by atoms with Crippen molar-refractivity contribution in [2.45, 2.75) is 19.8 Å². The zero-order chi connectivity index (χ0) is 13.6. The largest absolute Gasteiger partial charge is 0.478 e. The van der Waals surface area contributed by atoms with E-state index in [1.165, 1.54) is 0 Å². The quantitative estimate of drug-likeness (QED) is 0.787. The molecule has 0 saturated carbocycles. The fourth-order valence-electron chi connectivity index (χ4n) is 2.52. The number of allylic oxidation sites excluding steroid dienone is 1. The Balaban J connectivity index is 2.25. The van der Waals surface area contributed by atoms with Gasteiger partial charge in [0.05, 0.1) is 11.5 Å². The van der Waals surface area contributed by atoms with Gasteiger partial charge in [0.2, 0.25) is 0 Å². The van der Waals surface area contributed by atoms with Crippen molar-refractivity contribution in [1.82, 2.24) is 10.2 Å². The first-order valence-corrected chi connectivity index (χ1v) is 6.77. The number of aromatic nitrogens is 2. The van der Waals surface area contributed by atoms with Gasteiger partial charge in [-0.2, -0.15) is 5.10 Å². The second-order valence-corrected chi connectivity index (χ2v) is 5.51. The molecule has 3 heterocycles. The highest BCUT2D eigenvalue weighted by Gasteiger charge is 2.35. The van der Waals surface area contributed by atoms with Gasteiger partial charge in [0.15, 0.2) is 5.82 Å². The Bertz CT molecular complexity index is 670.